The molecule has 0 spiro atoms. The van der Waals surface area contributed by atoms with E-state index < -0.39 is 0 Å². The predicted octanol–water partition coefficient (Wildman–Crippen LogP) is 1.16. The fourth-order valence-electron chi connectivity index (χ4n) is 2.91. The quantitative estimate of drug-likeness (QED) is 0.328. The summed E-state index contributed by atoms with van der Waals surface area (Å²) in [5, 5.41) is 11.7. The molecule has 1 heterocycles. The molecule has 1 saturated carbocycles. The maximum Gasteiger partial charge on any atom is 0.225 e. The first-order chi connectivity index (χ1) is 8.22. The van der Waals surface area contributed by atoms with Crippen LogP contribution in [-0.2, 0) is 4.79 Å². The van der Waals surface area contributed by atoms with Crippen molar-refractivity contribution in [1.29, 1.82) is 0 Å². The SMILES string of the molecule is NC(=NO)C1CCN(C(=O)C2CCCC2)CC1. The van der Waals surface area contributed by atoms with Crippen LogP contribution in [0.5, 0.6) is 0 Å². The Labute approximate surface area is 102 Å². The molecule has 0 bridgehead atoms. The molecule has 0 aromatic heterocycles. The van der Waals surface area contributed by atoms with Gasteiger partial charge in [0.25, 0.3) is 0 Å². The van der Waals surface area contributed by atoms with E-state index in [2.05, 4.69) is 5.16 Å². The van der Waals surface area contributed by atoms with Gasteiger partial charge >= 0.3 is 0 Å². The number of rotatable bonds is 2. The minimum Gasteiger partial charge on any atom is -0.409 e. The number of hydrogen-bond acceptors (Lipinski definition) is 3. The van der Waals surface area contributed by atoms with Crippen LogP contribution in [0.15, 0.2) is 5.16 Å². The Balaban J connectivity index is 1.84. The van der Waals surface area contributed by atoms with E-state index in [1.54, 1.807) is 0 Å². The van der Waals surface area contributed by atoms with Gasteiger partial charge in [0.15, 0.2) is 0 Å². The second-order valence-corrected chi connectivity index (χ2v) is 5.11. The molecule has 1 aliphatic carbocycles. The van der Waals surface area contributed by atoms with E-state index in [0.29, 0.717) is 11.7 Å². The Kier molecular flexibility index (Phi) is 3.86. The summed E-state index contributed by atoms with van der Waals surface area (Å²) in [4.78, 5) is 14.1. The molecule has 0 unspecified atom stereocenters. The van der Waals surface area contributed by atoms with Crippen LogP contribution in [0, 0.1) is 11.8 Å². The number of nitrogens with zero attached hydrogens (tertiary/aromatic N) is 2. The predicted molar refractivity (Wildman–Crippen MR) is 64.7 cm³/mol. The summed E-state index contributed by atoms with van der Waals surface area (Å²) in [5.74, 6) is 1.02. The number of carbonyl (C=O) groups is 1. The van der Waals surface area contributed by atoms with E-state index in [1.165, 1.54) is 12.8 Å². The number of likely N-dealkylation sites (tertiary alicyclic amines) is 1. The Morgan fingerprint density at radius 2 is 1.71 bits per heavy atom. The largest absolute Gasteiger partial charge is 0.409 e. The molecule has 5 nitrogen and oxygen atoms in total. The zero-order valence-corrected chi connectivity index (χ0v) is 10.1. The molecule has 2 rings (SSSR count). The van der Waals surface area contributed by atoms with Crippen molar-refractivity contribution >= 4 is 11.7 Å². The molecular formula is C12H21N3O2. The normalized spacial score (nSPS) is 24.2. The van der Waals surface area contributed by atoms with Crippen molar-refractivity contribution < 1.29 is 10.0 Å². The van der Waals surface area contributed by atoms with E-state index in [9.17, 15) is 4.79 Å². The van der Waals surface area contributed by atoms with Crippen LogP contribution in [0.4, 0.5) is 0 Å². The lowest BCUT2D eigenvalue weighted by Crippen LogP contribution is -2.43. The smallest absolute Gasteiger partial charge is 0.225 e. The van der Waals surface area contributed by atoms with Crippen LogP contribution < -0.4 is 5.73 Å². The number of oxime groups is 1. The van der Waals surface area contributed by atoms with Gasteiger partial charge in [-0.2, -0.15) is 0 Å². The average molecular weight is 239 g/mol. The van der Waals surface area contributed by atoms with E-state index >= 15 is 0 Å². The number of amidine groups is 1. The molecule has 96 valence electrons. The molecule has 3 N–H and O–H groups in total. The summed E-state index contributed by atoms with van der Waals surface area (Å²) >= 11 is 0. The van der Waals surface area contributed by atoms with Crippen molar-refractivity contribution in [2.24, 2.45) is 22.7 Å². The van der Waals surface area contributed by atoms with E-state index in [1.807, 2.05) is 4.90 Å². The summed E-state index contributed by atoms with van der Waals surface area (Å²) < 4.78 is 0. The molecule has 0 atom stereocenters. The highest BCUT2D eigenvalue weighted by molar-refractivity contribution is 5.83. The topological polar surface area (TPSA) is 78.9 Å². The first-order valence-electron chi connectivity index (χ1n) is 6.48. The van der Waals surface area contributed by atoms with Crippen LogP contribution in [0.2, 0.25) is 0 Å². The lowest BCUT2D eigenvalue weighted by Gasteiger charge is -2.33. The van der Waals surface area contributed by atoms with Crippen molar-refractivity contribution in [3.63, 3.8) is 0 Å². The van der Waals surface area contributed by atoms with E-state index in [-0.39, 0.29) is 11.8 Å². The number of amides is 1. The summed E-state index contributed by atoms with van der Waals surface area (Å²) in [6.07, 6.45) is 6.12. The molecule has 5 heteroatoms. The fourth-order valence-corrected chi connectivity index (χ4v) is 2.91. The Morgan fingerprint density at radius 1 is 1.12 bits per heavy atom. The maximum absolute atomic E-state index is 12.2. The monoisotopic (exact) mass is 239 g/mol. The number of piperidine rings is 1. The van der Waals surface area contributed by atoms with Gasteiger partial charge < -0.3 is 15.8 Å². The highest BCUT2D eigenvalue weighted by atomic mass is 16.4. The first kappa shape index (κ1) is 12.2. The van der Waals surface area contributed by atoms with Crippen molar-refractivity contribution in [3.05, 3.63) is 0 Å². The van der Waals surface area contributed by atoms with Gasteiger partial charge in [-0.15, -0.1) is 0 Å². The molecule has 0 aromatic rings. The Bertz CT molecular complexity index is 303. The van der Waals surface area contributed by atoms with Crippen molar-refractivity contribution in [2.75, 3.05) is 13.1 Å². The number of nitrogens with two attached hydrogens (primary N) is 1. The Hall–Kier alpha value is -1.26. The van der Waals surface area contributed by atoms with Gasteiger partial charge in [-0.3, -0.25) is 4.79 Å². The summed E-state index contributed by atoms with van der Waals surface area (Å²) in [7, 11) is 0. The highest BCUT2D eigenvalue weighted by Crippen LogP contribution is 2.28. The molecule has 1 aliphatic heterocycles. The molecule has 1 saturated heterocycles. The third-order valence-electron chi connectivity index (χ3n) is 4.04. The minimum atomic E-state index is 0.132. The summed E-state index contributed by atoms with van der Waals surface area (Å²) in [5.41, 5.74) is 5.59. The van der Waals surface area contributed by atoms with Crippen LogP contribution in [0.3, 0.4) is 0 Å². The summed E-state index contributed by atoms with van der Waals surface area (Å²) in [6.45, 7) is 1.49. The van der Waals surface area contributed by atoms with E-state index in [4.69, 9.17) is 10.9 Å². The molecule has 17 heavy (non-hydrogen) atoms. The zero-order valence-electron chi connectivity index (χ0n) is 10.1. The van der Waals surface area contributed by atoms with Gasteiger partial charge in [0.1, 0.15) is 5.84 Å². The zero-order chi connectivity index (χ0) is 12.3. The maximum atomic E-state index is 12.2. The lowest BCUT2D eigenvalue weighted by atomic mass is 9.94. The van der Waals surface area contributed by atoms with Crippen molar-refractivity contribution in [1.82, 2.24) is 4.90 Å². The average Bonchev–Trinajstić information content (AvgIpc) is 2.91. The summed E-state index contributed by atoms with van der Waals surface area (Å²) in [6, 6.07) is 0. The Morgan fingerprint density at radius 3 is 2.24 bits per heavy atom. The molecular weight excluding hydrogens is 218 g/mol. The number of carbonyl (C=O) groups excluding carboxylic acids is 1. The third-order valence-corrected chi connectivity index (χ3v) is 4.04. The minimum absolute atomic E-state index is 0.132. The highest BCUT2D eigenvalue weighted by Gasteiger charge is 2.30. The van der Waals surface area contributed by atoms with Crippen LogP contribution in [0.25, 0.3) is 0 Å². The second kappa shape index (κ2) is 5.38. The molecule has 1 amide bonds. The molecule has 0 aromatic carbocycles. The molecule has 2 fully saturated rings. The van der Waals surface area contributed by atoms with E-state index in [0.717, 1.165) is 38.8 Å². The van der Waals surface area contributed by atoms with Gasteiger partial charge in [-0.1, -0.05) is 18.0 Å². The van der Waals surface area contributed by atoms with Crippen molar-refractivity contribution in [2.45, 2.75) is 38.5 Å². The lowest BCUT2D eigenvalue weighted by molar-refractivity contribution is -0.136. The van der Waals surface area contributed by atoms with Crippen LogP contribution >= 0.6 is 0 Å². The van der Waals surface area contributed by atoms with Gasteiger partial charge in [-0.05, 0) is 25.7 Å². The molecule has 0 radical (unpaired) electrons. The molecule has 2 aliphatic rings. The van der Waals surface area contributed by atoms with Gasteiger partial charge in [0.05, 0.1) is 0 Å². The second-order valence-electron chi connectivity index (χ2n) is 5.11. The standard InChI is InChI=1S/C12H21N3O2/c13-11(14-17)9-5-7-15(8-6-9)12(16)10-3-1-2-4-10/h9-10,17H,1-8H2,(H2,13,14). The van der Waals surface area contributed by atoms with Gasteiger partial charge in [-0.25, -0.2) is 0 Å². The van der Waals surface area contributed by atoms with Crippen LogP contribution in [0.1, 0.15) is 38.5 Å². The fraction of sp³-hybridized carbons (Fsp3) is 0.833. The first-order valence-corrected chi connectivity index (χ1v) is 6.48. The van der Waals surface area contributed by atoms with Crippen molar-refractivity contribution in [3.8, 4) is 0 Å². The van der Waals surface area contributed by atoms with Gasteiger partial charge in [0.2, 0.25) is 5.91 Å². The van der Waals surface area contributed by atoms with Crippen LogP contribution in [-0.4, -0.2) is 34.9 Å². The number of hydrogen-bond donors (Lipinski definition) is 2. The van der Waals surface area contributed by atoms with Gasteiger partial charge in [0, 0.05) is 24.9 Å². The third kappa shape index (κ3) is 2.70.